The maximum atomic E-state index is 13.4. The number of benzene rings is 1. The van der Waals surface area contributed by atoms with E-state index in [0.29, 0.717) is 0 Å². The summed E-state index contributed by atoms with van der Waals surface area (Å²) in [7, 11) is 0. The summed E-state index contributed by atoms with van der Waals surface area (Å²) in [5.41, 5.74) is 0.739. The summed E-state index contributed by atoms with van der Waals surface area (Å²) in [5.74, 6) is -4.84. The van der Waals surface area contributed by atoms with Crippen molar-refractivity contribution in [2.24, 2.45) is 0 Å². The van der Waals surface area contributed by atoms with Crippen molar-refractivity contribution < 1.29 is 34.9 Å². The number of aryl methyl sites for hydroxylation is 1. The Bertz CT molecular complexity index is 663. The minimum Gasteiger partial charge on any atom is -1.00 e. The van der Waals surface area contributed by atoms with Crippen LogP contribution in [0.25, 0.3) is 0 Å². The summed E-state index contributed by atoms with van der Waals surface area (Å²) in [6.07, 6.45) is 4.33. The van der Waals surface area contributed by atoms with E-state index < -0.39 is 23.4 Å². The maximum absolute atomic E-state index is 13.4. The van der Waals surface area contributed by atoms with Crippen LogP contribution in [0.1, 0.15) is 12.5 Å². The molecule has 0 unspecified atom stereocenters. The molecule has 1 aromatic heterocycles. The molecule has 0 saturated heterocycles. The average molecular weight is 331 g/mol. The fraction of sp³-hybridized carbons (Fsp3) is 0.200. The Kier molecular flexibility index (Phi) is 6.37. The minimum absolute atomic E-state index is 0. The summed E-state index contributed by atoms with van der Waals surface area (Å²) in [6, 6.07) is 5.48. The highest BCUT2D eigenvalue weighted by Gasteiger charge is 2.16. The summed E-state index contributed by atoms with van der Waals surface area (Å²) in [6.45, 7) is 1.96. The Labute approximate surface area is 132 Å². The first-order valence-corrected chi connectivity index (χ1v) is 6.42. The van der Waals surface area contributed by atoms with Gasteiger partial charge in [-0.2, -0.15) is 4.57 Å². The van der Waals surface area contributed by atoms with Crippen LogP contribution in [-0.4, -0.2) is 5.91 Å². The number of rotatable bonds is 4. The highest BCUT2D eigenvalue weighted by Crippen LogP contribution is 2.19. The highest BCUT2D eigenvalue weighted by molar-refractivity contribution is 5.89. The van der Waals surface area contributed by atoms with E-state index in [1.54, 1.807) is 17.0 Å². The van der Waals surface area contributed by atoms with Gasteiger partial charge in [0, 0.05) is 12.1 Å². The number of hydrogen-bond acceptors (Lipinski definition) is 1. The zero-order chi connectivity index (χ0) is 15.4. The maximum Gasteiger partial charge on any atom is 0.290 e. The number of carbonyl (C=O) groups excluding carboxylic acids is 1. The first kappa shape index (κ1) is 18.0. The van der Waals surface area contributed by atoms with Gasteiger partial charge in [0.05, 0.1) is 5.69 Å². The number of carbonyl (C=O) groups is 1. The van der Waals surface area contributed by atoms with Crippen molar-refractivity contribution in [3.63, 3.8) is 0 Å². The predicted octanol–water partition coefficient (Wildman–Crippen LogP) is -0.404. The third-order valence-corrected chi connectivity index (χ3v) is 3.00. The van der Waals surface area contributed by atoms with Crippen molar-refractivity contribution in [3.8, 4) is 0 Å². The monoisotopic (exact) mass is 330 g/mol. The third kappa shape index (κ3) is 4.21. The van der Waals surface area contributed by atoms with Gasteiger partial charge in [-0.1, -0.05) is 6.92 Å². The molecule has 2 aromatic rings. The van der Waals surface area contributed by atoms with E-state index in [1.165, 1.54) is 0 Å². The smallest absolute Gasteiger partial charge is 0.290 e. The van der Waals surface area contributed by atoms with Crippen molar-refractivity contribution in [2.45, 2.75) is 19.9 Å². The molecule has 3 nitrogen and oxygen atoms in total. The molecular formula is C15H14ClF3N2O. The number of pyridine rings is 1. The molecule has 0 aliphatic heterocycles. The molecule has 0 bridgehead atoms. The van der Waals surface area contributed by atoms with Gasteiger partial charge in [-0.3, -0.25) is 4.79 Å². The number of nitrogens with one attached hydrogen (secondary N) is 1. The van der Waals surface area contributed by atoms with E-state index >= 15 is 0 Å². The molecule has 0 spiro atoms. The van der Waals surface area contributed by atoms with Crippen molar-refractivity contribution in [3.05, 3.63) is 59.7 Å². The van der Waals surface area contributed by atoms with Crippen molar-refractivity contribution in [2.75, 3.05) is 5.32 Å². The number of hydrogen-bond donors (Lipinski definition) is 1. The van der Waals surface area contributed by atoms with E-state index in [-0.39, 0.29) is 24.6 Å². The Morgan fingerprint density at radius 1 is 1.09 bits per heavy atom. The molecule has 0 saturated carbocycles. The topological polar surface area (TPSA) is 33.0 Å². The highest BCUT2D eigenvalue weighted by atomic mass is 35.5. The molecule has 2 rings (SSSR count). The molecule has 1 aromatic carbocycles. The molecule has 0 atom stereocenters. The van der Waals surface area contributed by atoms with Crippen LogP contribution in [0.4, 0.5) is 18.9 Å². The van der Waals surface area contributed by atoms with Crippen LogP contribution in [0.5, 0.6) is 0 Å². The lowest BCUT2D eigenvalue weighted by Crippen LogP contribution is -3.00. The first-order valence-electron chi connectivity index (χ1n) is 6.42. The van der Waals surface area contributed by atoms with Gasteiger partial charge in [0.2, 0.25) is 6.54 Å². The molecule has 0 fully saturated rings. The number of nitrogens with zero attached hydrogens (tertiary/aromatic N) is 1. The van der Waals surface area contributed by atoms with Gasteiger partial charge in [0.1, 0.15) is 0 Å². The van der Waals surface area contributed by atoms with Crippen LogP contribution >= 0.6 is 0 Å². The normalized spacial score (nSPS) is 10.0. The Hall–Kier alpha value is -2.08. The second-order valence-electron chi connectivity index (χ2n) is 4.50. The molecular weight excluding hydrogens is 317 g/mol. The zero-order valence-electron chi connectivity index (χ0n) is 11.7. The number of halogens is 4. The SMILES string of the molecule is CCc1cc[n+](CC(=O)Nc2ccc(F)c(F)c2F)cc1.[Cl-]. The Morgan fingerprint density at radius 3 is 2.32 bits per heavy atom. The molecule has 1 N–H and O–H groups in total. The summed E-state index contributed by atoms with van der Waals surface area (Å²) < 4.78 is 40.9. The number of aromatic nitrogens is 1. The van der Waals surface area contributed by atoms with Gasteiger partial charge in [0.25, 0.3) is 5.91 Å². The van der Waals surface area contributed by atoms with Gasteiger partial charge in [0.15, 0.2) is 29.8 Å². The quantitative estimate of drug-likeness (QED) is 0.600. The fourth-order valence-electron chi connectivity index (χ4n) is 1.81. The third-order valence-electron chi connectivity index (χ3n) is 3.00. The van der Waals surface area contributed by atoms with E-state index in [2.05, 4.69) is 5.32 Å². The molecule has 1 heterocycles. The second kappa shape index (κ2) is 7.79. The van der Waals surface area contributed by atoms with Crippen LogP contribution < -0.4 is 22.3 Å². The van der Waals surface area contributed by atoms with Crippen molar-refractivity contribution in [1.29, 1.82) is 0 Å². The van der Waals surface area contributed by atoms with Gasteiger partial charge in [-0.25, -0.2) is 13.2 Å². The van der Waals surface area contributed by atoms with Crippen LogP contribution in [-0.2, 0) is 17.8 Å². The molecule has 0 radical (unpaired) electrons. The fourth-order valence-corrected chi connectivity index (χ4v) is 1.81. The Morgan fingerprint density at radius 2 is 1.73 bits per heavy atom. The number of anilines is 1. The van der Waals surface area contributed by atoms with Gasteiger partial charge >= 0.3 is 0 Å². The van der Waals surface area contributed by atoms with E-state index in [0.717, 1.165) is 24.1 Å². The molecule has 0 aliphatic rings. The lowest BCUT2D eigenvalue weighted by Gasteiger charge is -2.05. The molecule has 1 amide bonds. The van der Waals surface area contributed by atoms with Crippen LogP contribution in [0.15, 0.2) is 36.7 Å². The summed E-state index contributed by atoms with van der Waals surface area (Å²) in [5, 5.41) is 2.21. The van der Waals surface area contributed by atoms with Crippen molar-refractivity contribution in [1.82, 2.24) is 0 Å². The molecule has 0 aliphatic carbocycles. The van der Waals surface area contributed by atoms with Crippen molar-refractivity contribution >= 4 is 11.6 Å². The van der Waals surface area contributed by atoms with E-state index in [9.17, 15) is 18.0 Å². The van der Waals surface area contributed by atoms with Crippen LogP contribution in [0.3, 0.4) is 0 Å². The predicted molar refractivity (Wildman–Crippen MR) is 71.0 cm³/mol. The standard InChI is InChI=1S/C15H13F3N2O.ClH/c1-2-10-5-7-20(8-6-10)9-13(21)19-12-4-3-11(16)14(17)15(12)18;/h3-8H,2,9H2,1H3;1H. The van der Waals surface area contributed by atoms with Gasteiger partial charge < -0.3 is 17.7 Å². The lowest BCUT2D eigenvalue weighted by molar-refractivity contribution is -0.684. The molecule has 7 heteroatoms. The van der Waals surface area contributed by atoms with Gasteiger partial charge in [-0.15, -0.1) is 0 Å². The summed E-state index contributed by atoms with van der Waals surface area (Å²) in [4.78, 5) is 11.8. The zero-order valence-corrected chi connectivity index (χ0v) is 12.5. The van der Waals surface area contributed by atoms with E-state index in [4.69, 9.17) is 0 Å². The first-order chi connectivity index (χ1) is 10.0. The van der Waals surface area contributed by atoms with Crippen LogP contribution in [0, 0.1) is 17.5 Å². The lowest BCUT2D eigenvalue weighted by atomic mass is 10.2. The van der Waals surface area contributed by atoms with E-state index in [1.807, 2.05) is 19.1 Å². The molecule has 22 heavy (non-hydrogen) atoms. The van der Waals surface area contributed by atoms with Crippen LogP contribution in [0.2, 0.25) is 0 Å². The van der Waals surface area contributed by atoms with Gasteiger partial charge in [-0.05, 0) is 24.1 Å². The average Bonchev–Trinajstić information content (AvgIpc) is 2.49. The minimum atomic E-state index is -1.60. The Balaban J connectivity index is 0.00000242. The number of amides is 1. The second-order valence-corrected chi connectivity index (χ2v) is 4.50. The summed E-state index contributed by atoms with van der Waals surface area (Å²) >= 11 is 0. The molecule has 118 valence electrons. The largest absolute Gasteiger partial charge is 1.00 e.